The van der Waals surface area contributed by atoms with E-state index in [0.29, 0.717) is 43.4 Å². The van der Waals surface area contributed by atoms with E-state index in [0.717, 1.165) is 36.1 Å². The van der Waals surface area contributed by atoms with Crippen molar-refractivity contribution in [3.63, 3.8) is 0 Å². The van der Waals surface area contributed by atoms with Crippen LogP contribution in [0, 0.1) is 16.0 Å². The zero-order chi connectivity index (χ0) is 33.2. The fraction of sp³-hybridized carbons (Fsp3) is 0.286. The minimum Gasteiger partial charge on any atom is -0.496 e. The number of fused-ring (bicyclic) bond motifs is 1. The first-order valence-corrected chi connectivity index (χ1v) is 17.0. The van der Waals surface area contributed by atoms with Gasteiger partial charge in [-0.05, 0) is 56.0 Å². The van der Waals surface area contributed by atoms with Gasteiger partial charge < -0.3 is 14.4 Å². The summed E-state index contributed by atoms with van der Waals surface area (Å²) in [4.78, 5) is 47.2. The van der Waals surface area contributed by atoms with Crippen molar-refractivity contribution in [2.75, 3.05) is 31.7 Å². The van der Waals surface area contributed by atoms with Gasteiger partial charge in [0.25, 0.3) is 11.2 Å². The number of ether oxygens (including phenoxy) is 2. The van der Waals surface area contributed by atoms with Crippen molar-refractivity contribution in [3.05, 3.63) is 123 Å². The first-order valence-electron chi connectivity index (χ1n) is 15.4. The van der Waals surface area contributed by atoms with Gasteiger partial charge in [0.2, 0.25) is 0 Å². The molecule has 0 aliphatic carbocycles. The van der Waals surface area contributed by atoms with Crippen LogP contribution in [0.5, 0.6) is 5.75 Å². The Balaban J connectivity index is 1.64. The highest BCUT2D eigenvalue weighted by Crippen LogP contribution is 2.40. The molecule has 242 valence electrons. The number of rotatable bonds is 8. The Labute approximate surface area is 283 Å². The van der Waals surface area contributed by atoms with Gasteiger partial charge in [0.15, 0.2) is 4.80 Å². The Morgan fingerprint density at radius 3 is 2.55 bits per heavy atom. The van der Waals surface area contributed by atoms with E-state index in [-0.39, 0.29) is 23.4 Å². The predicted octanol–water partition coefficient (Wildman–Crippen LogP) is 5.85. The summed E-state index contributed by atoms with van der Waals surface area (Å²) in [5.74, 6) is 0.472. The quantitative estimate of drug-likeness (QED) is 0.128. The first-order chi connectivity index (χ1) is 22.7. The van der Waals surface area contributed by atoms with Gasteiger partial charge in [0, 0.05) is 52.1 Å². The number of non-ortho nitro benzene ring substituents is 1. The number of carbonyl (C=O) groups is 1. The van der Waals surface area contributed by atoms with Crippen LogP contribution in [0.2, 0.25) is 0 Å². The molecule has 0 spiro atoms. The molecular weight excluding hydrogens is 684 g/mol. The zero-order valence-electron chi connectivity index (χ0n) is 26.1. The van der Waals surface area contributed by atoms with Crippen molar-refractivity contribution in [3.8, 4) is 5.75 Å². The predicted molar refractivity (Wildman–Crippen MR) is 185 cm³/mol. The number of nitro groups is 1. The molecule has 10 nitrogen and oxygen atoms in total. The fourth-order valence-corrected chi connectivity index (χ4v) is 7.47. The standard InChI is InChI=1S/C35H33BrN4O6S/c1-4-46-34(42)30-31(22-8-6-5-7-9-22)37-35-39(32(30)26-20-24(36)10-13-28(26)45-3)33(41)29(47-35)19-23-18-25(40(43)44)11-12-27(23)38-16-14-21(2)15-17-38/h5-13,18-21,32H,4,14-17H2,1-3H3/b29-19-/t32-/m1/s1. The fourth-order valence-electron chi connectivity index (χ4n) is 6.10. The van der Waals surface area contributed by atoms with Crippen LogP contribution in [0.3, 0.4) is 0 Å². The lowest BCUT2D eigenvalue weighted by Crippen LogP contribution is -2.40. The van der Waals surface area contributed by atoms with E-state index < -0.39 is 16.9 Å². The summed E-state index contributed by atoms with van der Waals surface area (Å²) in [6.45, 7) is 5.70. The Hall–Kier alpha value is -4.55. The van der Waals surface area contributed by atoms with Crippen molar-refractivity contribution < 1.29 is 19.2 Å². The van der Waals surface area contributed by atoms with Crippen LogP contribution >= 0.6 is 27.3 Å². The van der Waals surface area contributed by atoms with E-state index in [2.05, 4.69) is 27.8 Å². The number of halogens is 1. The number of hydrogen-bond donors (Lipinski definition) is 0. The molecule has 4 aromatic rings. The van der Waals surface area contributed by atoms with Crippen molar-refractivity contribution in [2.24, 2.45) is 10.9 Å². The van der Waals surface area contributed by atoms with Gasteiger partial charge in [0.1, 0.15) is 11.8 Å². The Kier molecular flexibility index (Phi) is 9.42. The Morgan fingerprint density at radius 2 is 1.87 bits per heavy atom. The molecular formula is C35H33BrN4O6S. The second-order valence-electron chi connectivity index (χ2n) is 11.5. The molecule has 1 aromatic heterocycles. The molecule has 2 aliphatic heterocycles. The van der Waals surface area contributed by atoms with E-state index in [1.807, 2.05) is 42.5 Å². The molecule has 47 heavy (non-hydrogen) atoms. The van der Waals surface area contributed by atoms with Crippen LogP contribution in [0.1, 0.15) is 49.4 Å². The average Bonchev–Trinajstić information content (AvgIpc) is 3.38. The second kappa shape index (κ2) is 13.7. The maximum Gasteiger partial charge on any atom is 0.338 e. The summed E-state index contributed by atoms with van der Waals surface area (Å²) in [5.41, 5.74) is 2.80. The maximum atomic E-state index is 14.5. The molecule has 3 aromatic carbocycles. The number of nitrogens with zero attached hydrogens (tertiary/aromatic N) is 4. The average molecular weight is 718 g/mol. The van der Waals surface area contributed by atoms with E-state index in [1.54, 1.807) is 25.1 Å². The molecule has 2 aliphatic rings. The monoisotopic (exact) mass is 716 g/mol. The van der Waals surface area contributed by atoms with Gasteiger partial charge in [0.05, 0.1) is 34.4 Å². The SMILES string of the molecule is CCOC(=O)C1=C(c2ccccc2)N=c2s/c(=C\c3cc([N+](=O)[O-])ccc3N3CCC(C)CC3)c(=O)n2[C@@H]1c1cc(Br)ccc1OC. The first kappa shape index (κ1) is 32.4. The normalized spacial score (nSPS) is 16.9. The second-order valence-corrected chi connectivity index (χ2v) is 13.4. The Bertz CT molecular complexity index is 2070. The largest absolute Gasteiger partial charge is 0.496 e. The number of thiazole rings is 1. The van der Waals surface area contributed by atoms with Crippen LogP contribution in [0.4, 0.5) is 11.4 Å². The molecule has 3 heterocycles. The van der Waals surface area contributed by atoms with Gasteiger partial charge in [-0.3, -0.25) is 19.5 Å². The minimum atomic E-state index is -0.941. The lowest BCUT2D eigenvalue weighted by atomic mass is 9.92. The highest BCUT2D eigenvalue weighted by atomic mass is 79.9. The third kappa shape index (κ3) is 6.39. The molecule has 1 fully saturated rings. The van der Waals surface area contributed by atoms with Crippen molar-refractivity contribution in [2.45, 2.75) is 32.7 Å². The summed E-state index contributed by atoms with van der Waals surface area (Å²) in [6, 6.07) is 18.6. The lowest BCUT2D eigenvalue weighted by Gasteiger charge is -2.33. The maximum absolute atomic E-state index is 14.5. The van der Waals surface area contributed by atoms with Crippen LogP contribution in [-0.4, -0.2) is 42.3 Å². The van der Waals surface area contributed by atoms with E-state index >= 15 is 0 Å². The number of esters is 1. The van der Waals surface area contributed by atoms with Gasteiger partial charge >= 0.3 is 5.97 Å². The minimum absolute atomic E-state index is 0.0640. The lowest BCUT2D eigenvalue weighted by molar-refractivity contribution is -0.384. The van der Waals surface area contributed by atoms with Crippen LogP contribution < -0.4 is 24.5 Å². The number of anilines is 1. The molecule has 0 amide bonds. The zero-order valence-corrected chi connectivity index (χ0v) is 28.5. The van der Waals surface area contributed by atoms with Gasteiger partial charge in [-0.25, -0.2) is 9.79 Å². The van der Waals surface area contributed by atoms with Gasteiger partial charge in [-0.15, -0.1) is 0 Å². The van der Waals surface area contributed by atoms with Crippen molar-refractivity contribution >= 4 is 56.4 Å². The molecule has 12 heteroatoms. The van der Waals surface area contributed by atoms with Crippen molar-refractivity contribution in [1.82, 2.24) is 4.57 Å². The number of nitro benzene ring substituents is 1. The number of hydrogen-bond acceptors (Lipinski definition) is 9. The van der Waals surface area contributed by atoms with Crippen molar-refractivity contribution in [1.29, 1.82) is 0 Å². The number of benzene rings is 3. The number of methoxy groups -OCH3 is 1. The number of carbonyl (C=O) groups excluding carboxylic acids is 1. The van der Waals surface area contributed by atoms with Gasteiger partial charge in [-0.2, -0.15) is 0 Å². The number of piperidine rings is 1. The highest BCUT2D eigenvalue weighted by Gasteiger charge is 2.37. The van der Waals surface area contributed by atoms with Gasteiger partial charge in [-0.1, -0.05) is 64.5 Å². The summed E-state index contributed by atoms with van der Waals surface area (Å²) in [6.07, 6.45) is 3.72. The summed E-state index contributed by atoms with van der Waals surface area (Å²) in [7, 11) is 1.54. The molecule has 0 unspecified atom stereocenters. The molecule has 6 rings (SSSR count). The van der Waals surface area contributed by atoms with Crippen LogP contribution in [-0.2, 0) is 9.53 Å². The molecule has 0 bridgehead atoms. The topological polar surface area (TPSA) is 116 Å². The summed E-state index contributed by atoms with van der Waals surface area (Å²) in [5, 5.41) is 11.8. The van der Waals surface area contributed by atoms with Crippen LogP contribution in [0.25, 0.3) is 11.8 Å². The molecule has 0 radical (unpaired) electrons. The third-order valence-corrected chi connectivity index (χ3v) is 9.97. The third-order valence-electron chi connectivity index (χ3n) is 8.49. The highest BCUT2D eigenvalue weighted by molar-refractivity contribution is 9.10. The molecule has 1 atom stereocenters. The molecule has 0 N–H and O–H groups in total. The Morgan fingerprint density at radius 1 is 1.13 bits per heavy atom. The summed E-state index contributed by atoms with van der Waals surface area (Å²) < 4.78 is 13.9. The van der Waals surface area contributed by atoms with E-state index in [1.165, 1.54) is 35.1 Å². The van der Waals surface area contributed by atoms with E-state index in [4.69, 9.17) is 14.5 Å². The molecule has 1 saturated heterocycles. The number of aromatic nitrogens is 1. The van der Waals surface area contributed by atoms with Crippen LogP contribution in [0.15, 0.2) is 86.6 Å². The van der Waals surface area contributed by atoms with E-state index in [9.17, 15) is 19.7 Å². The molecule has 0 saturated carbocycles. The summed E-state index contributed by atoms with van der Waals surface area (Å²) >= 11 is 4.72. The smallest absolute Gasteiger partial charge is 0.338 e.